The summed E-state index contributed by atoms with van der Waals surface area (Å²) in [6, 6.07) is 3.76. The maximum Gasteiger partial charge on any atom is 0.263 e. The third-order valence-corrected chi connectivity index (χ3v) is 5.12. The Bertz CT molecular complexity index is 880. The fraction of sp³-hybridized carbons (Fsp3) is 0.524. The average molecular weight is 383 g/mol. The number of carbonyl (C=O) groups is 1. The first-order valence-corrected chi connectivity index (χ1v) is 9.94. The molecule has 2 aromatic heterocycles. The molecule has 1 amide bonds. The number of nitrogens with one attached hydrogen (secondary N) is 2. The van der Waals surface area contributed by atoms with E-state index >= 15 is 0 Å². The van der Waals surface area contributed by atoms with Crippen LogP contribution in [-0.4, -0.2) is 40.1 Å². The van der Waals surface area contributed by atoms with E-state index in [1.54, 1.807) is 17.7 Å². The average Bonchev–Trinajstić information content (AvgIpc) is 2.64. The molecule has 3 heterocycles. The van der Waals surface area contributed by atoms with Gasteiger partial charge in [0.1, 0.15) is 11.4 Å². The monoisotopic (exact) mass is 383 g/mol. The Hall–Kier alpha value is -2.54. The Morgan fingerprint density at radius 2 is 2.04 bits per heavy atom. The van der Waals surface area contributed by atoms with Gasteiger partial charge in [-0.25, -0.2) is 9.97 Å². The molecule has 0 saturated carbocycles. The van der Waals surface area contributed by atoms with Gasteiger partial charge < -0.3 is 15.2 Å². The summed E-state index contributed by atoms with van der Waals surface area (Å²) in [6.07, 6.45) is 4.55. The van der Waals surface area contributed by atoms with Crippen molar-refractivity contribution in [3.05, 3.63) is 57.0 Å². The summed E-state index contributed by atoms with van der Waals surface area (Å²) in [7, 11) is 0. The zero-order valence-electron chi connectivity index (χ0n) is 16.9. The largest absolute Gasteiger partial charge is 0.351 e. The van der Waals surface area contributed by atoms with Gasteiger partial charge in [0, 0.05) is 37.1 Å². The highest BCUT2D eigenvalue weighted by molar-refractivity contribution is 5.95. The number of amides is 1. The van der Waals surface area contributed by atoms with Crippen LogP contribution in [0.4, 0.5) is 0 Å². The van der Waals surface area contributed by atoms with Crippen LogP contribution in [0.3, 0.4) is 0 Å². The molecule has 2 aromatic rings. The van der Waals surface area contributed by atoms with Gasteiger partial charge in [0.05, 0.1) is 0 Å². The first-order valence-electron chi connectivity index (χ1n) is 9.94. The summed E-state index contributed by atoms with van der Waals surface area (Å²) >= 11 is 0. The zero-order chi connectivity index (χ0) is 20.1. The number of aromatic nitrogens is 3. The number of hydrogen-bond donors (Lipinski definition) is 2. The molecule has 0 radical (unpaired) electrons. The molecule has 150 valence electrons. The maximum atomic E-state index is 12.9. The second-order valence-electron chi connectivity index (χ2n) is 7.62. The SMILES string of the molecule is Cc1cc(C)nc(CCNC(=O)c2c(C)ccn(CC3CCCNC3)c2=O)n1. The van der Waals surface area contributed by atoms with Crippen LogP contribution in [0.2, 0.25) is 0 Å². The second-order valence-corrected chi connectivity index (χ2v) is 7.62. The smallest absolute Gasteiger partial charge is 0.263 e. The Morgan fingerprint density at radius 1 is 1.29 bits per heavy atom. The zero-order valence-corrected chi connectivity index (χ0v) is 16.9. The minimum atomic E-state index is -0.331. The van der Waals surface area contributed by atoms with Gasteiger partial charge in [-0.1, -0.05) is 0 Å². The molecule has 28 heavy (non-hydrogen) atoms. The number of aryl methyl sites for hydroxylation is 3. The second kappa shape index (κ2) is 9.10. The van der Waals surface area contributed by atoms with Crippen LogP contribution in [0.5, 0.6) is 0 Å². The van der Waals surface area contributed by atoms with Crippen molar-refractivity contribution in [3.8, 4) is 0 Å². The molecule has 2 N–H and O–H groups in total. The van der Waals surface area contributed by atoms with E-state index in [9.17, 15) is 9.59 Å². The highest BCUT2D eigenvalue weighted by atomic mass is 16.2. The van der Waals surface area contributed by atoms with Gasteiger partial charge in [-0.2, -0.15) is 0 Å². The fourth-order valence-electron chi connectivity index (χ4n) is 3.73. The Morgan fingerprint density at radius 3 is 2.71 bits per heavy atom. The van der Waals surface area contributed by atoms with Crippen LogP contribution in [0.1, 0.15) is 46.0 Å². The molecule has 1 fully saturated rings. The lowest BCUT2D eigenvalue weighted by Gasteiger charge is -2.23. The number of piperidine rings is 1. The molecule has 0 spiro atoms. The van der Waals surface area contributed by atoms with Crippen molar-refractivity contribution in [3.63, 3.8) is 0 Å². The van der Waals surface area contributed by atoms with Crippen molar-refractivity contribution in [1.82, 2.24) is 25.2 Å². The van der Waals surface area contributed by atoms with Gasteiger partial charge >= 0.3 is 0 Å². The van der Waals surface area contributed by atoms with Crippen molar-refractivity contribution in [2.24, 2.45) is 5.92 Å². The van der Waals surface area contributed by atoms with Crippen molar-refractivity contribution < 1.29 is 4.79 Å². The van der Waals surface area contributed by atoms with E-state index in [0.717, 1.165) is 37.3 Å². The Kier molecular flexibility index (Phi) is 6.57. The summed E-state index contributed by atoms with van der Waals surface area (Å²) in [6.45, 7) is 8.64. The summed E-state index contributed by atoms with van der Waals surface area (Å²) < 4.78 is 1.67. The van der Waals surface area contributed by atoms with E-state index < -0.39 is 0 Å². The van der Waals surface area contributed by atoms with E-state index in [4.69, 9.17) is 0 Å². The molecule has 0 bridgehead atoms. The number of rotatable bonds is 6. The molecule has 0 aromatic carbocycles. The van der Waals surface area contributed by atoms with Crippen LogP contribution in [0.25, 0.3) is 0 Å². The van der Waals surface area contributed by atoms with E-state index in [2.05, 4.69) is 20.6 Å². The summed E-state index contributed by atoms with van der Waals surface area (Å²) in [4.78, 5) is 34.3. The summed E-state index contributed by atoms with van der Waals surface area (Å²) in [5.74, 6) is 0.791. The number of pyridine rings is 1. The molecule has 7 heteroatoms. The fourth-order valence-corrected chi connectivity index (χ4v) is 3.73. The van der Waals surface area contributed by atoms with Crippen LogP contribution >= 0.6 is 0 Å². The maximum absolute atomic E-state index is 12.9. The standard InChI is InChI=1S/C21H29N5O2/c1-14-7-10-26(13-17-5-4-8-22-12-17)21(28)19(14)20(27)23-9-6-18-24-15(2)11-16(3)25-18/h7,10-11,17,22H,4-6,8-9,12-13H2,1-3H3,(H,23,27). The van der Waals surface area contributed by atoms with Crippen LogP contribution in [0, 0.1) is 26.7 Å². The number of hydrogen-bond acceptors (Lipinski definition) is 5. The molecule has 1 aliphatic rings. The van der Waals surface area contributed by atoms with Crippen molar-refractivity contribution >= 4 is 5.91 Å². The molecule has 0 aliphatic carbocycles. The lowest BCUT2D eigenvalue weighted by atomic mass is 9.99. The van der Waals surface area contributed by atoms with Gasteiger partial charge in [-0.15, -0.1) is 0 Å². The molecule has 7 nitrogen and oxygen atoms in total. The molecular weight excluding hydrogens is 354 g/mol. The third kappa shape index (κ3) is 5.04. The van der Waals surface area contributed by atoms with Crippen molar-refractivity contribution in [2.75, 3.05) is 19.6 Å². The van der Waals surface area contributed by atoms with Crippen molar-refractivity contribution in [2.45, 2.75) is 46.6 Å². The van der Waals surface area contributed by atoms with Gasteiger partial charge in [0.15, 0.2) is 0 Å². The third-order valence-electron chi connectivity index (χ3n) is 5.12. The molecule has 1 aliphatic heterocycles. The lowest BCUT2D eigenvalue weighted by molar-refractivity contribution is 0.0951. The molecular formula is C21H29N5O2. The van der Waals surface area contributed by atoms with Crippen LogP contribution < -0.4 is 16.2 Å². The van der Waals surface area contributed by atoms with Crippen molar-refractivity contribution in [1.29, 1.82) is 0 Å². The van der Waals surface area contributed by atoms with E-state index in [1.807, 2.05) is 26.0 Å². The summed E-state index contributed by atoms with van der Waals surface area (Å²) in [5, 5.41) is 6.22. The molecule has 1 saturated heterocycles. The van der Waals surface area contributed by atoms with Gasteiger partial charge in [-0.05, 0) is 70.3 Å². The highest BCUT2D eigenvalue weighted by Crippen LogP contribution is 2.12. The normalized spacial score (nSPS) is 16.8. The predicted molar refractivity (Wildman–Crippen MR) is 109 cm³/mol. The first kappa shape index (κ1) is 20.2. The van der Waals surface area contributed by atoms with Gasteiger partial charge in [0.25, 0.3) is 11.5 Å². The topological polar surface area (TPSA) is 88.9 Å². The van der Waals surface area contributed by atoms with E-state index in [1.165, 1.54) is 0 Å². The van der Waals surface area contributed by atoms with Gasteiger partial charge in [0.2, 0.25) is 0 Å². The molecule has 1 unspecified atom stereocenters. The Labute approximate surface area is 165 Å². The highest BCUT2D eigenvalue weighted by Gasteiger charge is 2.19. The molecule has 3 rings (SSSR count). The van der Waals surface area contributed by atoms with Gasteiger partial charge in [-0.3, -0.25) is 9.59 Å². The minimum absolute atomic E-state index is 0.217. The first-order chi connectivity index (χ1) is 13.4. The lowest BCUT2D eigenvalue weighted by Crippen LogP contribution is -2.38. The van der Waals surface area contributed by atoms with Crippen LogP contribution in [-0.2, 0) is 13.0 Å². The predicted octanol–water partition coefficient (Wildman–Crippen LogP) is 1.54. The quantitative estimate of drug-likeness (QED) is 0.790. The minimum Gasteiger partial charge on any atom is -0.351 e. The molecule has 1 atom stereocenters. The number of nitrogens with zero attached hydrogens (tertiary/aromatic N) is 3. The number of carbonyl (C=O) groups excluding carboxylic acids is 1. The Balaban J connectivity index is 1.66. The van der Waals surface area contributed by atoms with E-state index in [0.29, 0.717) is 36.8 Å². The summed E-state index contributed by atoms with van der Waals surface area (Å²) in [5.41, 5.74) is 2.53. The van der Waals surface area contributed by atoms with Crippen LogP contribution in [0.15, 0.2) is 23.1 Å². The van der Waals surface area contributed by atoms with E-state index in [-0.39, 0.29) is 17.0 Å².